The van der Waals surface area contributed by atoms with Gasteiger partial charge < -0.3 is 31.0 Å². The van der Waals surface area contributed by atoms with Gasteiger partial charge in [-0.2, -0.15) is 0 Å². The summed E-state index contributed by atoms with van der Waals surface area (Å²) in [5.74, 6) is 1.83. The van der Waals surface area contributed by atoms with E-state index < -0.39 is 12.1 Å². The predicted octanol–water partition coefficient (Wildman–Crippen LogP) is 2.70. The van der Waals surface area contributed by atoms with Crippen LogP contribution in [0.2, 0.25) is 0 Å². The van der Waals surface area contributed by atoms with Crippen LogP contribution in [0.4, 0.5) is 0 Å². The first kappa shape index (κ1) is 26.4. The summed E-state index contributed by atoms with van der Waals surface area (Å²) in [5.41, 5.74) is 13.4. The molecular formula is C25H38N4O4. The average Bonchev–Trinajstić information content (AvgIpc) is 3.68. The van der Waals surface area contributed by atoms with Gasteiger partial charge in [-0.05, 0) is 49.2 Å². The maximum atomic E-state index is 12.9. The summed E-state index contributed by atoms with van der Waals surface area (Å²) in [6.07, 6.45) is 2.31. The molecule has 0 bridgehead atoms. The normalized spacial score (nSPS) is 16.0. The predicted molar refractivity (Wildman–Crippen MR) is 131 cm³/mol. The smallest absolute Gasteiger partial charge is 0.237 e. The van der Waals surface area contributed by atoms with E-state index >= 15 is 0 Å². The Morgan fingerprint density at radius 3 is 2.33 bits per heavy atom. The number of benzene rings is 2. The van der Waals surface area contributed by atoms with Gasteiger partial charge in [0.2, 0.25) is 5.91 Å². The fourth-order valence-electron chi connectivity index (χ4n) is 3.32. The van der Waals surface area contributed by atoms with E-state index in [4.69, 9.17) is 25.7 Å². The molecule has 0 spiro atoms. The highest BCUT2D eigenvalue weighted by Gasteiger charge is 2.25. The van der Waals surface area contributed by atoms with E-state index in [0.29, 0.717) is 24.5 Å². The zero-order valence-corrected chi connectivity index (χ0v) is 20.1. The fourth-order valence-corrected chi connectivity index (χ4v) is 3.32. The van der Waals surface area contributed by atoms with Crippen molar-refractivity contribution in [1.82, 2.24) is 10.6 Å². The second kappa shape index (κ2) is 13.7. The number of nitrogens with two attached hydrogens (primary N) is 2. The molecule has 1 fully saturated rings. The van der Waals surface area contributed by atoms with E-state index in [-0.39, 0.29) is 12.1 Å². The maximum absolute atomic E-state index is 12.9. The van der Waals surface area contributed by atoms with Crippen molar-refractivity contribution in [3.05, 3.63) is 53.6 Å². The van der Waals surface area contributed by atoms with Crippen molar-refractivity contribution in [2.45, 2.75) is 51.4 Å². The molecule has 1 amide bonds. The van der Waals surface area contributed by atoms with Crippen molar-refractivity contribution in [2.75, 3.05) is 27.3 Å². The fraction of sp³-hybridized carbons (Fsp3) is 0.480. The summed E-state index contributed by atoms with van der Waals surface area (Å²) in [4.78, 5) is 12.9. The first-order chi connectivity index (χ1) is 16.0. The van der Waals surface area contributed by atoms with Gasteiger partial charge in [0.05, 0.1) is 26.3 Å². The number of amides is 1. The summed E-state index contributed by atoms with van der Waals surface area (Å²) in [7, 11) is 3.19. The highest BCUT2D eigenvalue weighted by atomic mass is 16.5. The van der Waals surface area contributed by atoms with Gasteiger partial charge in [-0.25, -0.2) is 0 Å². The molecule has 0 saturated carbocycles. The molecule has 3 unspecified atom stereocenters. The summed E-state index contributed by atoms with van der Waals surface area (Å²) in [6.45, 7) is 5.44. The number of nitrogens with one attached hydrogen (secondary N) is 2. The van der Waals surface area contributed by atoms with Crippen molar-refractivity contribution in [1.29, 1.82) is 0 Å². The molecular weight excluding hydrogens is 420 g/mol. The summed E-state index contributed by atoms with van der Waals surface area (Å²) < 4.78 is 16.6. The summed E-state index contributed by atoms with van der Waals surface area (Å²) in [6, 6.07) is 12.1. The van der Waals surface area contributed by atoms with Crippen molar-refractivity contribution in [3.63, 3.8) is 0 Å². The first-order valence-electron chi connectivity index (χ1n) is 11.5. The van der Waals surface area contributed by atoms with Gasteiger partial charge in [0.25, 0.3) is 0 Å². The van der Waals surface area contributed by atoms with Crippen LogP contribution in [-0.2, 0) is 4.79 Å². The van der Waals surface area contributed by atoms with Gasteiger partial charge in [-0.3, -0.25) is 10.1 Å². The van der Waals surface area contributed by atoms with Crippen LogP contribution < -0.4 is 36.3 Å². The molecule has 8 heteroatoms. The van der Waals surface area contributed by atoms with Crippen molar-refractivity contribution in [2.24, 2.45) is 11.5 Å². The lowest BCUT2D eigenvalue weighted by Gasteiger charge is -2.24. The van der Waals surface area contributed by atoms with E-state index in [9.17, 15) is 4.79 Å². The summed E-state index contributed by atoms with van der Waals surface area (Å²) in [5, 5.41) is 6.19. The molecule has 0 aliphatic carbocycles. The highest BCUT2D eigenvalue weighted by molar-refractivity contribution is 5.82. The molecule has 1 aliphatic rings. The van der Waals surface area contributed by atoms with Gasteiger partial charge in [-0.1, -0.05) is 32.4 Å². The molecule has 1 aliphatic heterocycles. The van der Waals surface area contributed by atoms with E-state index in [1.807, 2.05) is 50.2 Å². The molecule has 3 rings (SSSR count). The Kier molecular flexibility index (Phi) is 11.0. The number of hydrogen-bond donors (Lipinski definition) is 4. The van der Waals surface area contributed by atoms with Crippen LogP contribution in [0, 0.1) is 0 Å². The number of methoxy groups -OCH3 is 2. The quantitative estimate of drug-likeness (QED) is 0.284. The molecule has 33 heavy (non-hydrogen) atoms. The maximum Gasteiger partial charge on any atom is 0.237 e. The third-order valence-corrected chi connectivity index (χ3v) is 5.21. The van der Waals surface area contributed by atoms with E-state index in [1.165, 1.54) is 0 Å². The van der Waals surface area contributed by atoms with Gasteiger partial charge in [0.15, 0.2) is 6.23 Å². The SMILES string of the molecule is CC.COc1ccc(C(NC(=O)C(N)CCCCN)c2ccc(OC3CN3)cc2)c(OC)c1. The van der Waals surface area contributed by atoms with E-state index in [0.717, 1.165) is 36.3 Å². The van der Waals surface area contributed by atoms with Crippen LogP contribution in [0.15, 0.2) is 42.5 Å². The van der Waals surface area contributed by atoms with Gasteiger partial charge in [0, 0.05) is 18.2 Å². The minimum Gasteiger partial charge on any atom is -0.497 e. The molecule has 2 aromatic carbocycles. The second-order valence-corrected chi connectivity index (χ2v) is 7.52. The van der Waals surface area contributed by atoms with Gasteiger partial charge >= 0.3 is 0 Å². The van der Waals surface area contributed by atoms with Crippen LogP contribution >= 0.6 is 0 Å². The molecule has 2 aromatic rings. The van der Waals surface area contributed by atoms with Crippen LogP contribution in [0.3, 0.4) is 0 Å². The first-order valence-corrected chi connectivity index (χ1v) is 11.5. The molecule has 3 atom stereocenters. The lowest BCUT2D eigenvalue weighted by Crippen LogP contribution is -2.42. The van der Waals surface area contributed by atoms with E-state index in [2.05, 4.69) is 10.6 Å². The topological polar surface area (TPSA) is 131 Å². The number of carbonyl (C=O) groups is 1. The second-order valence-electron chi connectivity index (χ2n) is 7.52. The average molecular weight is 459 g/mol. The molecule has 1 saturated heterocycles. The van der Waals surface area contributed by atoms with Crippen LogP contribution in [-0.4, -0.2) is 45.5 Å². The number of carbonyl (C=O) groups excluding carboxylic acids is 1. The minimum atomic E-state index is -0.609. The third-order valence-electron chi connectivity index (χ3n) is 5.21. The van der Waals surface area contributed by atoms with Gasteiger partial charge in [0.1, 0.15) is 17.2 Å². The Balaban J connectivity index is 0.00000187. The standard InChI is InChI=1S/C23H32N4O4.C2H6/c1-29-17-10-11-18(20(13-17)30-2)22(27-23(28)19(25)5-3-4-12-24)15-6-8-16(9-7-15)31-21-14-26-21;1-2/h6-11,13,19,21-22,26H,3-5,12,14,24-25H2,1-2H3,(H,27,28);1-2H3. The lowest BCUT2D eigenvalue weighted by atomic mass is 9.96. The number of rotatable bonds is 12. The molecule has 0 radical (unpaired) electrons. The Labute approximate surface area is 197 Å². The third kappa shape index (κ3) is 7.92. The molecule has 6 N–H and O–H groups in total. The largest absolute Gasteiger partial charge is 0.497 e. The Morgan fingerprint density at radius 1 is 1.09 bits per heavy atom. The molecule has 182 valence electrons. The van der Waals surface area contributed by atoms with Crippen molar-refractivity contribution < 1.29 is 19.0 Å². The zero-order chi connectivity index (χ0) is 24.2. The lowest BCUT2D eigenvalue weighted by molar-refractivity contribution is -0.123. The van der Waals surface area contributed by atoms with Crippen LogP contribution in [0.5, 0.6) is 17.2 Å². The number of unbranched alkanes of at least 4 members (excludes halogenated alkanes) is 1. The number of hydrogen-bond acceptors (Lipinski definition) is 7. The minimum absolute atomic E-state index is 0.0783. The van der Waals surface area contributed by atoms with Crippen molar-refractivity contribution >= 4 is 5.91 Å². The van der Waals surface area contributed by atoms with Crippen LogP contribution in [0.1, 0.15) is 50.3 Å². The summed E-state index contributed by atoms with van der Waals surface area (Å²) >= 11 is 0. The molecule has 1 heterocycles. The molecule has 8 nitrogen and oxygen atoms in total. The Hall–Kier alpha value is -2.81. The van der Waals surface area contributed by atoms with Crippen LogP contribution in [0.25, 0.3) is 0 Å². The zero-order valence-electron chi connectivity index (χ0n) is 20.1. The van der Waals surface area contributed by atoms with Crippen molar-refractivity contribution in [3.8, 4) is 17.2 Å². The highest BCUT2D eigenvalue weighted by Crippen LogP contribution is 2.34. The van der Waals surface area contributed by atoms with E-state index in [1.54, 1.807) is 20.3 Å². The molecule has 0 aromatic heterocycles. The monoisotopic (exact) mass is 458 g/mol. The Bertz CT molecular complexity index is 856. The number of ether oxygens (including phenoxy) is 3. The van der Waals surface area contributed by atoms with Gasteiger partial charge in [-0.15, -0.1) is 0 Å². The Morgan fingerprint density at radius 2 is 1.76 bits per heavy atom.